The van der Waals surface area contributed by atoms with Crippen LogP contribution in [0.1, 0.15) is 24.2 Å². The fraction of sp³-hybridized carbons (Fsp3) is 0.273. The molecule has 1 aromatic carbocycles. The second-order valence-corrected chi connectivity index (χ2v) is 4.68. The summed E-state index contributed by atoms with van der Waals surface area (Å²) in [6.07, 6.45) is 0. The van der Waals surface area contributed by atoms with E-state index >= 15 is 0 Å². The van der Waals surface area contributed by atoms with Gasteiger partial charge in [0.05, 0.1) is 0 Å². The molecule has 0 saturated carbocycles. The van der Waals surface area contributed by atoms with Gasteiger partial charge in [-0.2, -0.15) is 0 Å². The van der Waals surface area contributed by atoms with Crippen LogP contribution in [0, 0.1) is 5.82 Å². The summed E-state index contributed by atoms with van der Waals surface area (Å²) < 4.78 is 13.5. The Kier molecular flexibility index (Phi) is 4.06. The molecule has 1 aromatic rings. The number of hydrogen-bond donors (Lipinski definition) is 1. The molecule has 0 aliphatic heterocycles. The van der Waals surface area contributed by atoms with E-state index in [-0.39, 0.29) is 16.2 Å². The third-order valence-electron chi connectivity index (χ3n) is 1.99. The minimum atomic E-state index is -1.000. The normalized spacial score (nSPS) is 12.2. The Morgan fingerprint density at radius 1 is 1.44 bits per heavy atom. The second kappa shape index (κ2) is 5.12. The number of ketones is 1. The van der Waals surface area contributed by atoms with Crippen molar-refractivity contribution in [2.45, 2.75) is 24.0 Å². The summed E-state index contributed by atoms with van der Waals surface area (Å²) in [5.41, 5.74) is 0.282. The van der Waals surface area contributed by atoms with Crippen molar-refractivity contribution < 1.29 is 19.1 Å². The maximum absolute atomic E-state index is 13.5. The zero-order valence-electron chi connectivity index (χ0n) is 8.86. The summed E-state index contributed by atoms with van der Waals surface area (Å²) >= 11 is 0.913. The lowest BCUT2D eigenvalue weighted by molar-refractivity contribution is -0.136. The fourth-order valence-corrected chi connectivity index (χ4v) is 1.86. The molecule has 0 amide bonds. The van der Waals surface area contributed by atoms with Crippen LogP contribution in [0.2, 0.25) is 0 Å². The van der Waals surface area contributed by atoms with E-state index in [0.717, 1.165) is 17.8 Å². The second-order valence-electron chi connectivity index (χ2n) is 3.30. The van der Waals surface area contributed by atoms with Crippen LogP contribution in [-0.2, 0) is 4.79 Å². The summed E-state index contributed by atoms with van der Waals surface area (Å²) in [6.45, 7) is 2.83. The van der Waals surface area contributed by atoms with Gasteiger partial charge in [-0.25, -0.2) is 4.39 Å². The Bertz CT molecular complexity index is 431. The first kappa shape index (κ1) is 12.7. The van der Waals surface area contributed by atoms with Gasteiger partial charge in [0.2, 0.25) is 0 Å². The molecule has 1 rings (SSSR count). The van der Waals surface area contributed by atoms with Gasteiger partial charge in [0.25, 0.3) is 0 Å². The van der Waals surface area contributed by atoms with Crippen molar-refractivity contribution in [2.75, 3.05) is 0 Å². The summed E-state index contributed by atoms with van der Waals surface area (Å²) in [7, 11) is 0. The Morgan fingerprint density at radius 3 is 2.50 bits per heavy atom. The average molecular weight is 242 g/mol. The summed E-state index contributed by atoms with van der Waals surface area (Å²) in [5.74, 6) is -1.78. The Morgan fingerprint density at radius 2 is 2.06 bits per heavy atom. The molecule has 0 aliphatic rings. The minimum Gasteiger partial charge on any atom is -0.480 e. The average Bonchev–Trinajstić information content (AvgIpc) is 2.20. The first-order valence-corrected chi connectivity index (χ1v) is 5.49. The molecule has 1 unspecified atom stereocenters. The predicted octanol–water partition coefficient (Wildman–Crippen LogP) is 2.59. The predicted molar refractivity (Wildman–Crippen MR) is 59.4 cm³/mol. The van der Waals surface area contributed by atoms with Gasteiger partial charge in [0, 0.05) is 10.5 Å². The Labute approximate surface area is 96.7 Å². The lowest BCUT2D eigenvalue weighted by Crippen LogP contribution is -2.11. The number of carboxylic acid groups (broad SMARTS) is 1. The summed E-state index contributed by atoms with van der Waals surface area (Å²) in [4.78, 5) is 21.8. The van der Waals surface area contributed by atoms with Crippen molar-refractivity contribution in [2.24, 2.45) is 0 Å². The van der Waals surface area contributed by atoms with E-state index < -0.39 is 17.0 Å². The molecule has 1 atom stereocenters. The number of hydrogen-bond acceptors (Lipinski definition) is 3. The number of Topliss-reactive ketones (excluding diaryl/α,β-unsaturated/α-hetero) is 1. The number of carbonyl (C=O) groups is 2. The number of carboxylic acids is 1. The first-order chi connectivity index (χ1) is 7.41. The van der Waals surface area contributed by atoms with E-state index in [1.807, 2.05) is 0 Å². The maximum atomic E-state index is 13.5. The third-order valence-corrected chi connectivity index (χ3v) is 3.13. The molecular formula is C11H11FO3S. The van der Waals surface area contributed by atoms with E-state index in [1.165, 1.54) is 26.0 Å². The van der Waals surface area contributed by atoms with Crippen molar-refractivity contribution in [1.29, 1.82) is 0 Å². The highest BCUT2D eigenvalue weighted by atomic mass is 32.2. The van der Waals surface area contributed by atoms with Crippen LogP contribution in [0.25, 0.3) is 0 Å². The molecule has 0 fully saturated rings. The van der Waals surface area contributed by atoms with Crippen molar-refractivity contribution in [3.8, 4) is 0 Å². The van der Waals surface area contributed by atoms with Gasteiger partial charge in [0.15, 0.2) is 5.78 Å². The molecule has 0 heterocycles. The number of rotatable bonds is 4. The van der Waals surface area contributed by atoms with Gasteiger partial charge in [-0.15, -0.1) is 11.8 Å². The van der Waals surface area contributed by atoms with Gasteiger partial charge in [-0.05, 0) is 26.0 Å². The van der Waals surface area contributed by atoms with Crippen LogP contribution in [0.15, 0.2) is 23.1 Å². The number of aliphatic carboxylic acids is 1. The quantitative estimate of drug-likeness (QED) is 0.651. The molecule has 0 spiro atoms. The van der Waals surface area contributed by atoms with Gasteiger partial charge in [0.1, 0.15) is 11.1 Å². The Hall–Kier alpha value is -1.36. The molecule has 0 saturated heterocycles. The minimum absolute atomic E-state index is 0.221. The number of thioether (sulfide) groups is 1. The van der Waals surface area contributed by atoms with Gasteiger partial charge >= 0.3 is 5.97 Å². The highest BCUT2D eigenvalue weighted by Gasteiger charge is 2.15. The van der Waals surface area contributed by atoms with E-state index in [9.17, 15) is 14.0 Å². The lowest BCUT2D eigenvalue weighted by Gasteiger charge is -2.07. The number of benzene rings is 1. The molecule has 0 radical (unpaired) electrons. The van der Waals surface area contributed by atoms with Crippen LogP contribution < -0.4 is 0 Å². The topological polar surface area (TPSA) is 54.4 Å². The summed E-state index contributed by atoms with van der Waals surface area (Å²) in [5, 5.41) is 7.96. The molecule has 1 N–H and O–H groups in total. The molecule has 86 valence electrons. The van der Waals surface area contributed by atoms with Crippen LogP contribution in [-0.4, -0.2) is 22.1 Å². The van der Waals surface area contributed by atoms with Crippen LogP contribution in [0.3, 0.4) is 0 Å². The third kappa shape index (κ3) is 3.06. The Balaban J connectivity index is 2.91. The van der Waals surface area contributed by atoms with E-state index in [0.29, 0.717) is 0 Å². The highest BCUT2D eigenvalue weighted by Crippen LogP contribution is 2.26. The van der Waals surface area contributed by atoms with Crippen LogP contribution in [0.4, 0.5) is 4.39 Å². The molecule has 3 nitrogen and oxygen atoms in total. The number of carbonyl (C=O) groups excluding carboxylic acids is 1. The van der Waals surface area contributed by atoms with E-state index in [2.05, 4.69) is 0 Å². The van der Waals surface area contributed by atoms with Gasteiger partial charge in [-0.3, -0.25) is 9.59 Å². The monoisotopic (exact) mass is 242 g/mol. The van der Waals surface area contributed by atoms with Crippen LogP contribution in [0.5, 0.6) is 0 Å². The smallest absolute Gasteiger partial charge is 0.316 e. The first-order valence-electron chi connectivity index (χ1n) is 4.61. The molecule has 16 heavy (non-hydrogen) atoms. The molecular weight excluding hydrogens is 231 g/mol. The van der Waals surface area contributed by atoms with E-state index in [4.69, 9.17) is 5.11 Å². The fourth-order valence-electron chi connectivity index (χ4n) is 1.06. The van der Waals surface area contributed by atoms with E-state index in [1.54, 1.807) is 0 Å². The summed E-state index contributed by atoms with van der Waals surface area (Å²) in [6, 6.07) is 4.04. The van der Waals surface area contributed by atoms with Gasteiger partial charge in [-0.1, -0.05) is 6.07 Å². The van der Waals surface area contributed by atoms with Crippen molar-refractivity contribution in [1.82, 2.24) is 0 Å². The van der Waals surface area contributed by atoms with Crippen molar-refractivity contribution in [3.05, 3.63) is 29.6 Å². The van der Waals surface area contributed by atoms with Crippen molar-refractivity contribution >= 4 is 23.5 Å². The van der Waals surface area contributed by atoms with Gasteiger partial charge < -0.3 is 5.11 Å². The zero-order valence-corrected chi connectivity index (χ0v) is 9.68. The maximum Gasteiger partial charge on any atom is 0.316 e. The van der Waals surface area contributed by atoms with Crippen molar-refractivity contribution in [3.63, 3.8) is 0 Å². The highest BCUT2D eigenvalue weighted by molar-refractivity contribution is 8.00. The molecule has 5 heteroatoms. The standard InChI is InChI=1S/C11H11FO3S/c1-6(13)8-3-4-10(9(12)5-8)16-7(2)11(14)15/h3-5,7H,1-2H3,(H,14,15). The number of halogens is 1. The molecule has 0 aromatic heterocycles. The molecule has 0 bridgehead atoms. The van der Waals surface area contributed by atoms with Crippen LogP contribution >= 0.6 is 11.8 Å². The SMILES string of the molecule is CC(=O)c1ccc(SC(C)C(=O)O)c(F)c1. The zero-order chi connectivity index (χ0) is 12.3. The molecule has 0 aliphatic carbocycles. The largest absolute Gasteiger partial charge is 0.480 e. The lowest BCUT2D eigenvalue weighted by atomic mass is 10.1.